The van der Waals surface area contributed by atoms with Gasteiger partial charge in [-0.2, -0.15) is 0 Å². The number of aliphatic hydroxyl groups is 1. The van der Waals surface area contributed by atoms with E-state index in [4.69, 9.17) is 0 Å². The number of nitrogens with one attached hydrogen (secondary N) is 1. The highest BCUT2D eigenvalue weighted by atomic mass is 32.2. The lowest BCUT2D eigenvalue weighted by Crippen LogP contribution is -2.20. The van der Waals surface area contributed by atoms with Crippen LogP contribution in [0.5, 0.6) is 0 Å². The molecule has 1 heterocycles. The van der Waals surface area contributed by atoms with Crippen molar-refractivity contribution in [1.82, 2.24) is 25.5 Å². The van der Waals surface area contributed by atoms with Crippen LogP contribution in [0, 0.1) is 0 Å². The molecule has 7 heteroatoms. The molecule has 0 aliphatic rings. The molecule has 0 aliphatic heterocycles. The fourth-order valence-electron chi connectivity index (χ4n) is 1.73. The molecule has 1 unspecified atom stereocenters. The Hall–Kier alpha value is -1.44. The summed E-state index contributed by atoms with van der Waals surface area (Å²) in [4.78, 5) is 0. The summed E-state index contributed by atoms with van der Waals surface area (Å²) in [5, 5.41) is 25.7. The standard InChI is InChI=1S/C13H19N5OS/c1-2-14-8-9-18-13(15-16-17-18)20-10-12(19)11-6-4-3-5-7-11/h3-7,12,14,19H,2,8-10H2,1H3. The van der Waals surface area contributed by atoms with E-state index in [0.29, 0.717) is 5.75 Å². The van der Waals surface area contributed by atoms with Gasteiger partial charge >= 0.3 is 0 Å². The van der Waals surface area contributed by atoms with Crippen molar-refractivity contribution < 1.29 is 5.11 Å². The highest BCUT2D eigenvalue weighted by Crippen LogP contribution is 2.22. The van der Waals surface area contributed by atoms with Gasteiger partial charge in [-0.25, -0.2) is 4.68 Å². The summed E-state index contributed by atoms with van der Waals surface area (Å²) >= 11 is 1.46. The van der Waals surface area contributed by atoms with Crippen molar-refractivity contribution >= 4 is 11.8 Å². The van der Waals surface area contributed by atoms with E-state index < -0.39 is 6.10 Å². The van der Waals surface area contributed by atoms with Gasteiger partial charge in [-0.3, -0.25) is 0 Å². The fraction of sp³-hybridized carbons (Fsp3) is 0.462. The molecular weight excluding hydrogens is 274 g/mol. The van der Waals surface area contributed by atoms with Gasteiger partial charge in [0.25, 0.3) is 0 Å². The van der Waals surface area contributed by atoms with Crippen LogP contribution in [0.3, 0.4) is 0 Å². The first-order valence-corrected chi connectivity index (χ1v) is 7.62. The highest BCUT2D eigenvalue weighted by Gasteiger charge is 2.11. The SMILES string of the molecule is CCNCCn1nnnc1SCC(O)c1ccccc1. The van der Waals surface area contributed by atoms with Crippen molar-refractivity contribution in [3.8, 4) is 0 Å². The molecule has 1 aromatic heterocycles. The first-order chi connectivity index (χ1) is 9.81. The summed E-state index contributed by atoms with van der Waals surface area (Å²) in [7, 11) is 0. The molecule has 0 radical (unpaired) electrons. The number of aromatic nitrogens is 4. The van der Waals surface area contributed by atoms with Crippen LogP contribution in [-0.2, 0) is 6.54 Å². The number of nitrogens with zero attached hydrogens (tertiary/aromatic N) is 4. The van der Waals surface area contributed by atoms with Gasteiger partial charge in [0.2, 0.25) is 5.16 Å². The Morgan fingerprint density at radius 3 is 2.90 bits per heavy atom. The molecule has 0 bridgehead atoms. The third-order valence-electron chi connectivity index (χ3n) is 2.80. The number of hydrogen-bond donors (Lipinski definition) is 2. The molecule has 0 saturated carbocycles. The molecule has 0 amide bonds. The Balaban J connectivity index is 1.86. The van der Waals surface area contributed by atoms with Crippen molar-refractivity contribution in [3.63, 3.8) is 0 Å². The third-order valence-corrected chi connectivity index (χ3v) is 3.84. The van der Waals surface area contributed by atoms with Crippen molar-refractivity contribution in [2.24, 2.45) is 0 Å². The second-order valence-electron chi connectivity index (χ2n) is 4.28. The molecular formula is C13H19N5OS. The minimum atomic E-state index is -0.514. The maximum absolute atomic E-state index is 10.1. The predicted octanol–water partition coefficient (Wildman–Crippen LogP) is 1.11. The Bertz CT molecular complexity index is 504. The van der Waals surface area contributed by atoms with E-state index >= 15 is 0 Å². The summed E-state index contributed by atoms with van der Waals surface area (Å²) in [6, 6.07) is 9.61. The number of rotatable bonds is 8. The molecule has 0 aliphatic carbocycles. The summed E-state index contributed by atoms with van der Waals surface area (Å²) < 4.78 is 1.76. The van der Waals surface area contributed by atoms with Gasteiger partial charge in [-0.15, -0.1) is 5.10 Å². The topological polar surface area (TPSA) is 75.9 Å². The lowest BCUT2D eigenvalue weighted by Gasteiger charge is -2.10. The first kappa shape index (κ1) is 15.0. The Kier molecular flexibility index (Phi) is 5.97. The first-order valence-electron chi connectivity index (χ1n) is 6.64. The average molecular weight is 293 g/mol. The van der Waals surface area contributed by atoms with Gasteiger partial charge in [0.15, 0.2) is 0 Å². The van der Waals surface area contributed by atoms with Crippen LogP contribution in [0.25, 0.3) is 0 Å². The summed E-state index contributed by atoms with van der Waals surface area (Å²) in [5.41, 5.74) is 0.909. The predicted molar refractivity (Wildman–Crippen MR) is 78.5 cm³/mol. The number of tetrazole rings is 1. The van der Waals surface area contributed by atoms with E-state index in [1.54, 1.807) is 4.68 Å². The molecule has 2 aromatic rings. The lowest BCUT2D eigenvalue weighted by molar-refractivity contribution is 0.204. The van der Waals surface area contributed by atoms with E-state index in [1.807, 2.05) is 30.3 Å². The quantitative estimate of drug-likeness (QED) is 0.561. The van der Waals surface area contributed by atoms with Crippen LogP contribution < -0.4 is 5.32 Å². The Morgan fingerprint density at radius 2 is 2.15 bits per heavy atom. The molecule has 2 rings (SSSR count). The molecule has 2 N–H and O–H groups in total. The Labute approximate surface area is 122 Å². The number of likely N-dealkylation sites (N-methyl/N-ethyl adjacent to an activating group) is 1. The zero-order valence-corrected chi connectivity index (χ0v) is 12.3. The smallest absolute Gasteiger partial charge is 0.209 e. The largest absolute Gasteiger partial charge is 0.388 e. The summed E-state index contributed by atoms with van der Waals surface area (Å²) in [6.45, 7) is 4.55. The zero-order chi connectivity index (χ0) is 14.2. The van der Waals surface area contributed by atoms with E-state index in [2.05, 4.69) is 27.8 Å². The van der Waals surface area contributed by atoms with Crippen molar-refractivity contribution in [2.45, 2.75) is 24.7 Å². The van der Waals surface area contributed by atoms with E-state index in [0.717, 1.165) is 30.4 Å². The number of thioether (sulfide) groups is 1. The van der Waals surface area contributed by atoms with Gasteiger partial charge < -0.3 is 10.4 Å². The highest BCUT2D eigenvalue weighted by molar-refractivity contribution is 7.99. The van der Waals surface area contributed by atoms with Gasteiger partial charge in [0.05, 0.1) is 12.6 Å². The average Bonchev–Trinajstić information content (AvgIpc) is 2.93. The van der Waals surface area contributed by atoms with Crippen LogP contribution in [0.1, 0.15) is 18.6 Å². The zero-order valence-electron chi connectivity index (χ0n) is 11.4. The maximum atomic E-state index is 10.1. The second-order valence-corrected chi connectivity index (χ2v) is 5.26. The van der Waals surface area contributed by atoms with Crippen LogP contribution in [0.4, 0.5) is 0 Å². The van der Waals surface area contributed by atoms with Crippen LogP contribution in [0.2, 0.25) is 0 Å². The molecule has 0 fully saturated rings. The number of hydrogen-bond acceptors (Lipinski definition) is 6. The van der Waals surface area contributed by atoms with Crippen LogP contribution in [0.15, 0.2) is 35.5 Å². The molecule has 1 aromatic carbocycles. The minimum Gasteiger partial charge on any atom is -0.388 e. The summed E-state index contributed by atoms with van der Waals surface area (Å²) in [5.74, 6) is 0.533. The van der Waals surface area contributed by atoms with Crippen LogP contribution in [-0.4, -0.2) is 44.2 Å². The third kappa shape index (κ3) is 4.29. The fourth-order valence-corrected chi connectivity index (χ4v) is 2.60. The van der Waals surface area contributed by atoms with Gasteiger partial charge in [-0.1, -0.05) is 49.0 Å². The van der Waals surface area contributed by atoms with Crippen molar-refractivity contribution in [2.75, 3.05) is 18.8 Å². The number of aliphatic hydroxyl groups excluding tert-OH is 1. The summed E-state index contributed by atoms with van der Waals surface area (Å²) in [6.07, 6.45) is -0.514. The van der Waals surface area contributed by atoms with Gasteiger partial charge in [0, 0.05) is 12.3 Å². The Morgan fingerprint density at radius 1 is 1.35 bits per heavy atom. The molecule has 6 nitrogen and oxygen atoms in total. The van der Waals surface area contributed by atoms with Gasteiger partial charge in [-0.05, 0) is 22.5 Å². The number of benzene rings is 1. The minimum absolute atomic E-state index is 0.514. The molecule has 108 valence electrons. The normalized spacial score (nSPS) is 12.5. The molecule has 0 spiro atoms. The van der Waals surface area contributed by atoms with E-state index in [9.17, 15) is 5.11 Å². The van der Waals surface area contributed by atoms with E-state index in [1.165, 1.54) is 11.8 Å². The van der Waals surface area contributed by atoms with Crippen LogP contribution >= 0.6 is 11.8 Å². The van der Waals surface area contributed by atoms with Crippen molar-refractivity contribution in [3.05, 3.63) is 35.9 Å². The molecule has 1 atom stereocenters. The molecule has 0 saturated heterocycles. The second kappa shape index (κ2) is 7.98. The van der Waals surface area contributed by atoms with Gasteiger partial charge in [0.1, 0.15) is 0 Å². The molecule has 20 heavy (non-hydrogen) atoms. The maximum Gasteiger partial charge on any atom is 0.209 e. The van der Waals surface area contributed by atoms with Crippen molar-refractivity contribution in [1.29, 1.82) is 0 Å². The van der Waals surface area contributed by atoms with E-state index in [-0.39, 0.29) is 0 Å². The monoisotopic (exact) mass is 293 g/mol. The lowest BCUT2D eigenvalue weighted by atomic mass is 10.1.